The van der Waals surface area contributed by atoms with Crippen molar-refractivity contribution < 1.29 is 14.5 Å². The Bertz CT molecular complexity index is 1700. The fraction of sp³-hybridized carbons (Fsp3) is 0.0370. The molecule has 35 heavy (non-hydrogen) atoms. The number of Topliss-reactive ketones (excluding diaryl/α,β-unsaturated/α-hetero) is 2. The number of benzene rings is 3. The van der Waals surface area contributed by atoms with Crippen molar-refractivity contribution in [3.8, 4) is 28.1 Å². The minimum absolute atomic E-state index is 0.0719. The van der Waals surface area contributed by atoms with Gasteiger partial charge < -0.3 is 0 Å². The van der Waals surface area contributed by atoms with Crippen molar-refractivity contribution in [3.05, 3.63) is 106 Å². The topological polar surface area (TPSA) is 108 Å². The van der Waals surface area contributed by atoms with Crippen molar-refractivity contribution >= 4 is 28.3 Å². The fourth-order valence-electron chi connectivity index (χ4n) is 4.64. The molecule has 0 aliphatic heterocycles. The third-order valence-corrected chi connectivity index (χ3v) is 6.22. The summed E-state index contributed by atoms with van der Waals surface area (Å²) in [5.41, 5.74) is 4.36. The number of aryl methyl sites for hydroxylation is 1. The van der Waals surface area contributed by atoms with E-state index in [4.69, 9.17) is 10.1 Å². The number of carbonyl (C=O) groups is 2. The standard InChI is InChI=1S/C27H16N4O4/c1-15-21-22(16-11-13-18(14-12-16)31(34)35)23-24(19-9-5-6-10-20(19)25(32)26(23)33)28-27(21)30(29-15)17-7-3-2-4-8-17/h2-14H,1H3. The Labute approximate surface area is 198 Å². The average Bonchev–Trinajstić information content (AvgIpc) is 3.22. The normalized spacial score (nSPS) is 12.5. The van der Waals surface area contributed by atoms with Crippen molar-refractivity contribution in [1.82, 2.24) is 14.8 Å². The zero-order valence-electron chi connectivity index (χ0n) is 18.4. The Kier molecular flexibility index (Phi) is 4.43. The predicted octanol–water partition coefficient (Wildman–Crippen LogP) is 5.35. The van der Waals surface area contributed by atoms with E-state index in [0.717, 1.165) is 5.69 Å². The molecule has 2 aromatic heterocycles. The molecule has 0 N–H and O–H groups in total. The van der Waals surface area contributed by atoms with Crippen LogP contribution < -0.4 is 0 Å². The third-order valence-electron chi connectivity index (χ3n) is 6.22. The van der Waals surface area contributed by atoms with Crippen LogP contribution in [0.1, 0.15) is 26.4 Å². The van der Waals surface area contributed by atoms with Crippen molar-refractivity contribution in [2.75, 3.05) is 0 Å². The second kappa shape index (κ2) is 7.53. The molecule has 6 rings (SSSR count). The highest BCUT2D eigenvalue weighted by Crippen LogP contribution is 2.43. The lowest BCUT2D eigenvalue weighted by Gasteiger charge is -2.21. The number of pyridine rings is 1. The van der Waals surface area contributed by atoms with Crippen molar-refractivity contribution in [2.45, 2.75) is 6.92 Å². The molecule has 0 fully saturated rings. The molecule has 0 spiro atoms. The number of carbonyl (C=O) groups excluding carboxylic acids is 2. The number of nitro benzene ring substituents is 1. The van der Waals surface area contributed by atoms with Crippen LogP contribution in [0.2, 0.25) is 0 Å². The molecule has 0 unspecified atom stereocenters. The lowest BCUT2D eigenvalue weighted by atomic mass is 9.82. The summed E-state index contributed by atoms with van der Waals surface area (Å²) in [6.07, 6.45) is 0. The van der Waals surface area contributed by atoms with Crippen LogP contribution in [0, 0.1) is 17.0 Å². The number of ketones is 2. The molecule has 8 nitrogen and oxygen atoms in total. The van der Waals surface area contributed by atoms with Gasteiger partial charge in [0.15, 0.2) is 5.65 Å². The summed E-state index contributed by atoms with van der Waals surface area (Å²) in [6.45, 7) is 1.81. The average molecular weight is 460 g/mol. The van der Waals surface area contributed by atoms with Gasteiger partial charge in [-0.2, -0.15) is 5.10 Å². The largest absolute Gasteiger partial charge is 0.285 e. The molecule has 0 amide bonds. The maximum absolute atomic E-state index is 13.5. The first-order chi connectivity index (χ1) is 17.0. The summed E-state index contributed by atoms with van der Waals surface area (Å²) in [5.74, 6) is -1.26. The summed E-state index contributed by atoms with van der Waals surface area (Å²) in [6, 6.07) is 22.3. The Morgan fingerprint density at radius 2 is 1.46 bits per heavy atom. The maximum atomic E-state index is 13.5. The molecule has 5 aromatic rings. The number of fused-ring (bicyclic) bond motifs is 4. The first-order valence-electron chi connectivity index (χ1n) is 10.9. The van der Waals surface area contributed by atoms with Gasteiger partial charge in [0.2, 0.25) is 11.6 Å². The van der Waals surface area contributed by atoms with Crippen LogP contribution in [0.25, 0.3) is 39.1 Å². The molecule has 168 valence electrons. The Hall–Kier alpha value is -4.98. The Balaban J connectivity index is 1.77. The van der Waals surface area contributed by atoms with Crippen molar-refractivity contribution in [3.63, 3.8) is 0 Å². The van der Waals surface area contributed by atoms with Gasteiger partial charge in [-0.3, -0.25) is 19.7 Å². The highest BCUT2D eigenvalue weighted by Gasteiger charge is 2.36. The van der Waals surface area contributed by atoms with Gasteiger partial charge in [-0.05, 0) is 36.8 Å². The molecule has 2 heterocycles. The van der Waals surface area contributed by atoms with E-state index in [0.29, 0.717) is 44.7 Å². The van der Waals surface area contributed by atoms with Crippen LogP contribution in [-0.2, 0) is 0 Å². The quantitative estimate of drug-likeness (QED) is 0.204. The van der Waals surface area contributed by atoms with E-state index >= 15 is 0 Å². The van der Waals surface area contributed by atoms with E-state index in [1.54, 1.807) is 41.1 Å². The van der Waals surface area contributed by atoms with Crippen LogP contribution in [0.4, 0.5) is 5.69 Å². The van der Waals surface area contributed by atoms with Crippen LogP contribution in [0.15, 0.2) is 78.9 Å². The van der Waals surface area contributed by atoms with Gasteiger partial charge >= 0.3 is 0 Å². The smallest absolute Gasteiger partial charge is 0.269 e. The van der Waals surface area contributed by atoms with E-state index in [2.05, 4.69) is 0 Å². The van der Waals surface area contributed by atoms with E-state index < -0.39 is 16.5 Å². The molecular weight excluding hydrogens is 444 g/mol. The second-order valence-corrected chi connectivity index (χ2v) is 8.25. The zero-order valence-corrected chi connectivity index (χ0v) is 18.4. The molecule has 1 aliphatic rings. The van der Waals surface area contributed by atoms with Crippen LogP contribution in [0.5, 0.6) is 0 Å². The molecule has 1 aliphatic carbocycles. The van der Waals surface area contributed by atoms with E-state index in [1.165, 1.54) is 12.1 Å². The van der Waals surface area contributed by atoms with Crippen LogP contribution in [-0.4, -0.2) is 31.3 Å². The van der Waals surface area contributed by atoms with E-state index in [1.807, 2.05) is 37.3 Å². The first kappa shape index (κ1) is 20.6. The maximum Gasteiger partial charge on any atom is 0.269 e. The molecule has 0 radical (unpaired) electrons. The van der Waals surface area contributed by atoms with E-state index in [9.17, 15) is 19.7 Å². The lowest BCUT2D eigenvalue weighted by Crippen LogP contribution is -2.23. The lowest BCUT2D eigenvalue weighted by molar-refractivity contribution is -0.384. The molecular formula is C27H16N4O4. The highest BCUT2D eigenvalue weighted by molar-refractivity contribution is 6.54. The van der Waals surface area contributed by atoms with Gasteiger partial charge in [0.25, 0.3) is 5.69 Å². The monoisotopic (exact) mass is 460 g/mol. The molecule has 8 heteroatoms. The minimum atomic E-state index is -0.659. The summed E-state index contributed by atoms with van der Waals surface area (Å²) in [4.78, 5) is 42.2. The van der Waals surface area contributed by atoms with Crippen molar-refractivity contribution in [2.24, 2.45) is 0 Å². The molecule has 0 bridgehead atoms. The third kappa shape index (κ3) is 3.00. The number of hydrogen-bond donors (Lipinski definition) is 0. The number of non-ortho nitro benzene ring substituents is 1. The minimum Gasteiger partial charge on any atom is -0.285 e. The van der Waals surface area contributed by atoms with Gasteiger partial charge in [-0.25, -0.2) is 9.67 Å². The highest BCUT2D eigenvalue weighted by atomic mass is 16.6. The van der Waals surface area contributed by atoms with Gasteiger partial charge in [0.1, 0.15) is 0 Å². The molecule has 0 atom stereocenters. The fourth-order valence-corrected chi connectivity index (χ4v) is 4.64. The van der Waals surface area contributed by atoms with Gasteiger partial charge in [-0.15, -0.1) is 0 Å². The summed E-state index contributed by atoms with van der Waals surface area (Å²) in [7, 11) is 0. The number of hydrogen-bond acceptors (Lipinski definition) is 6. The summed E-state index contributed by atoms with van der Waals surface area (Å²) < 4.78 is 1.71. The SMILES string of the molecule is Cc1nn(-c2ccccc2)c2nc3c(c(-c4ccc([N+](=O)[O-])cc4)c12)C(=O)C(=O)c1ccccc1-3. The number of nitro groups is 1. The first-order valence-corrected chi connectivity index (χ1v) is 10.9. The zero-order chi connectivity index (χ0) is 24.3. The van der Waals surface area contributed by atoms with Gasteiger partial charge in [0.05, 0.1) is 32.9 Å². The Morgan fingerprint density at radius 3 is 2.14 bits per heavy atom. The van der Waals surface area contributed by atoms with Crippen LogP contribution in [0.3, 0.4) is 0 Å². The Morgan fingerprint density at radius 1 is 0.800 bits per heavy atom. The number of rotatable bonds is 3. The summed E-state index contributed by atoms with van der Waals surface area (Å²) >= 11 is 0. The molecule has 3 aromatic carbocycles. The predicted molar refractivity (Wildman–Crippen MR) is 130 cm³/mol. The summed E-state index contributed by atoms with van der Waals surface area (Å²) in [5, 5.41) is 16.5. The van der Waals surface area contributed by atoms with Crippen LogP contribution >= 0.6 is 0 Å². The number of para-hydroxylation sites is 1. The number of nitrogens with zero attached hydrogens (tertiary/aromatic N) is 4. The van der Waals surface area contributed by atoms with Crippen molar-refractivity contribution in [1.29, 1.82) is 0 Å². The molecule has 0 saturated carbocycles. The number of aromatic nitrogens is 3. The van der Waals surface area contributed by atoms with Gasteiger partial charge in [0, 0.05) is 28.8 Å². The van der Waals surface area contributed by atoms with E-state index in [-0.39, 0.29) is 11.3 Å². The van der Waals surface area contributed by atoms with Gasteiger partial charge in [-0.1, -0.05) is 42.5 Å². The molecule has 0 saturated heterocycles. The second-order valence-electron chi connectivity index (χ2n) is 8.25.